The van der Waals surface area contributed by atoms with Crippen LogP contribution in [0, 0.1) is 6.92 Å². The number of benzene rings is 2. The van der Waals surface area contributed by atoms with Crippen molar-refractivity contribution in [2.75, 3.05) is 12.3 Å². The van der Waals surface area contributed by atoms with Crippen LogP contribution in [0.5, 0.6) is 0 Å². The average molecular weight is 429 g/mol. The van der Waals surface area contributed by atoms with Gasteiger partial charge in [-0.2, -0.15) is 9.78 Å². The van der Waals surface area contributed by atoms with Crippen molar-refractivity contribution in [1.29, 1.82) is 0 Å². The van der Waals surface area contributed by atoms with Crippen molar-refractivity contribution >= 4 is 40.1 Å². The fourth-order valence-corrected chi connectivity index (χ4v) is 3.71. The van der Waals surface area contributed by atoms with Crippen molar-refractivity contribution in [2.45, 2.75) is 39.5 Å². The van der Waals surface area contributed by atoms with Crippen LogP contribution in [0.3, 0.4) is 0 Å². The largest absolute Gasteiger partial charge is 0.383 e. The monoisotopic (exact) mass is 428 g/mol. The van der Waals surface area contributed by atoms with Gasteiger partial charge in [-0.05, 0) is 31.0 Å². The van der Waals surface area contributed by atoms with E-state index in [0.29, 0.717) is 28.8 Å². The summed E-state index contributed by atoms with van der Waals surface area (Å²) in [6.45, 7) is 4.78. The number of unbranched alkanes of at least 4 members (excludes halogenated alkanes) is 3. The van der Waals surface area contributed by atoms with E-state index in [2.05, 4.69) is 17.3 Å². The summed E-state index contributed by atoms with van der Waals surface area (Å²) < 4.78 is 1.50. The first-order chi connectivity index (χ1) is 15.6. The molecule has 32 heavy (non-hydrogen) atoms. The summed E-state index contributed by atoms with van der Waals surface area (Å²) in [6.07, 6.45) is 6.03. The number of aromatic nitrogens is 3. The second kappa shape index (κ2) is 9.60. The van der Waals surface area contributed by atoms with Crippen LogP contribution in [0.15, 0.2) is 53.6 Å². The zero-order valence-corrected chi connectivity index (χ0v) is 18.5. The molecule has 4 aromatic rings. The lowest BCUT2D eigenvalue weighted by molar-refractivity contribution is 0.0955. The van der Waals surface area contributed by atoms with E-state index < -0.39 is 0 Å². The van der Waals surface area contributed by atoms with Crippen LogP contribution in [0.2, 0.25) is 0 Å². The Hall–Kier alpha value is -3.74. The molecule has 0 radical (unpaired) electrons. The quantitative estimate of drug-likeness (QED) is 0.315. The smallest absolute Gasteiger partial charge is 0.257 e. The minimum atomic E-state index is -0.252. The molecule has 0 saturated heterocycles. The van der Waals surface area contributed by atoms with Gasteiger partial charge < -0.3 is 11.1 Å². The highest BCUT2D eigenvalue weighted by Gasteiger charge is 2.23. The molecular formula is C25H28N6O. The van der Waals surface area contributed by atoms with Crippen molar-refractivity contribution in [3.63, 3.8) is 0 Å². The van der Waals surface area contributed by atoms with E-state index in [0.717, 1.165) is 42.3 Å². The van der Waals surface area contributed by atoms with E-state index in [4.69, 9.17) is 15.7 Å². The maximum Gasteiger partial charge on any atom is 0.257 e. The van der Waals surface area contributed by atoms with E-state index in [9.17, 15) is 4.79 Å². The van der Waals surface area contributed by atoms with E-state index in [1.807, 2.05) is 55.5 Å². The summed E-state index contributed by atoms with van der Waals surface area (Å²) in [4.78, 5) is 22.5. The van der Waals surface area contributed by atoms with Gasteiger partial charge in [0.1, 0.15) is 16.9 Å². The lowest BCUT2D eigenvalue weighted by atomic mass is 10.2. The molecule has 0 bridgehead atoms. The van der Waals surface area contributed by atoms with Gasteiger partial charge in [-0.1, -0.05) is 68.1 Å². The molecule has 3 N–H and O–H groups in total. The Balaban J connectivity index is 1.76. The van der Waals surface area contributed by atoms with Crippen LogP contribution >= 0.6 is 0 Å². The first kappa shape index (κ1) is 21.5. The van der Waals surface area contributed by atoms with Crippen LogP contribution in [-0.2, 0) is 0 Å². The van der Waals surface area contributed by atoms with E-state index >= 15 is 0 Å². The third-order valence-electron chi connectivity index (χ3n) is 5.38. The van der Waals surface area contributed by atoms with Gasteiger partial charge in [0, 0.05) is 6.54 Å². The number of hydrogen-bond donors (Lipinski definition) is 2. The number of fused-ring (bicyclic) bond motifs is 2. The van der Waals surface area contributed by atoms with E-state index in [1.165, 1.54) is 4.68 Å². The minimum absolute atomic E-state index is 0.227. The molecule has 7 nitrogen and oxygen atoms in total. The van der Waals surface area contributed by atoms with Crippen LogP contribution in [0.25, 0.3) is 22.2 Å². The van der Waals surface area contributed by atoms with Crippen LogP contribution in [0.1, 0.15) is 54.1 Å². The van der Waals surface area contributed by atoms with Gasteiger partial charge in [-0.15, -0.1) is 0 Å². The molecule has 0 saturated carbocycles. The zero-order valence-electron chi connectivity index (χ0n) is 18.5. The Morgan fingerprint density at radius 3 is 2.62 bits per heavy atom. The number of rotatable bonds is 8. The normalized spacial score (nSPS) is 11.6. The van der Waals surface area contributed by atoms with Crippen LogP contribution in [0.4, 0.5) is 5.82 Å². The highest BCUT2D eigenvalue weighted by atomic mass is 16.1. The number of carbonyl (C=O) groups excluding carboxylic acids is 1. The van der Waals surface area contributed by atoms with E-state index in [1.54, 1.807) is 6.21 Å². The number of nitrogen functional groups attached to an aromatic ring is 1. The number of nitrogens with zero attached hydrogens (tertiary/aromatic N) is 4. The molecule has 0 aliphatic rings. The van der Waals surface area contributed by atoms with Crippen molar-refractivity contribution in [2.24, 2.45) is 5.10 Å². The van der Waals surface area contributed by atoms with Crippen molar-refractivity contribution < 1.29 is 4.79 Å². The zero-order chi connectivity index (χ0) is 22.5. The van der Waals surface area contributed by atoms with Gasteiger partial charge in [-0.25, -0.2) is 9.97 Å². The molecule has 0 aliphatic heterocycles. The Morgan fingerprint density at radius 2 is 1.88 bits per heavy atom. The molecule has 0 spiro atoms. The lowest BCUT2D eigenvalue weighted by Gasteiger charge is -2.05. The number of hydrogen-bond acceptors (Lipinski definition) is 5. The second-order valence-electron chi connectivity index (χ2n) is 7.93. The molecular weight excluding hydrogens is 400 g/mol. The Morgan fingerprint density at radius 1 is 1.09 bits per heavy atom. The predicted octanol–water partition coefficient (Wildman–Crippen LogP) is 4.67. The summed E-state index contributed by atoms with van der Waals surface area (Å²) in [5, 5.41) is 7.54. The molecule has 4 rings (SSSR count). The Kier molecular flexibility index (Phi) is 6.44. The number of nitrogens with two attached hydrogens (primary N) is 1. The third-order valence-corrected chi connectivity index (χ3v) is 5.38. The number of amides is 1. The van der Waals surface area contributed by atoms with Gasteiger partial charge in [-0.3, -0.25) is 4.79 Å². The fourth-order valence-electron chi connectivity index (χ4n) is 3.71. The summed E-state index contributed by atoms with van der Waals surface area (Å²) in [7, 11) is 0. The molecule has 0 fully saturated rings. The molecule has 2 aromatic heterocycles. The molecule has 2 aromatic carbocycles. The molecule has 164 valence electrons. The maximum atomic E-state index is 13.1. The minimum Gasteiger partial charge on any atom is -0.383 e. The van der Waals surface area contributed by atoms with Gasteiger partial charge in [0.05, 0.1) is 17.2 Å². The predicted molar refractivity (Wildman–Crippen MR) is 130 cm³/mol. The molecule has 1 amide bonds. The topological polar surface area (TPSA) is 98.2 Å². The lowest BCUT2D eigenvalue weighted by Crippen LogP contribution is -2.25. The summed E-state index contributed by atoms with van der Waals surface area (Å²) in [5.41, 5.74) is 11.1. The molecule has 7 heteroatoms. The van der Waals surface area contributed by atoms with Crippen molar-refractivity contribution in [3.05, 3.63) is 65.2 Å². The van der Waals surface area contributed by atoms with Gasteiger partial charge >= 0.3 is 0 Å². The second-order valence-corrected chi connectivity index (χ2v) is 7.93. The molecule has 0 unspecified atom stereocenters. The summed E-state index contributed by atoms with van der Waals surface area (Å²) >= 11 is 0. The SMILES string of the molecule is CCCCCCNC(=O)c1c(N)n(/N=C/c2cccc(C)c2)c2nc3ccccc3nc12. The van der Waals surface area contributed by atoms with Crippen LogP contribution < -0.4 is 11.1 Å². The average Bonchev–Trinajstić information content (AvgIpc) is 3.06. The van der Waals surface area contributed by atoms with Gasteiger partial charge in [0.15, 0.2) is 5.65 Å². The standard InChI is InChI=1S/C25H28N6O/c1-3-4-5-8-14-27-25(32)21-22-24(30-20-13-7-6-12-19(20)29-22)31(23(21)26)28-16-18-11-9-10-17(2)15-18/h6-7,9-13,15-16H,3-5,8,14,26H2,1-2H3,(H,27,32)/b28-16+. The highest BCUT2D eigenvalue weighted by Crippen LogP contribution is 2.27. The van der Waals surface area contributed by atoms with Gasteiger partial charge in [0.25, 0.3) is 5.91 Å². The molecule has 2 heterocycles. The Bertz CT molecular complexity index is 1290. The first-order valence-corrected chi connectivity index (χ1v) is 11.0. The van der Waals surface area contributed by atoms with Crippen molar-refractivity contribution in [1.82, 2.24) is 20.0 Å². The number of aryl methyl sites for hydroxylation is 1. The molecule has 0 aliphatic carbocycles. The fraction of sp³-hybridized carbons (Fsp3) is 0.280. The van der Waals surface area contributed by atoms with Crippen molar-refractivity contribution in [3.8, 4) is 0 Å². The maximum absolute atomic E-state index is 13.1. The first-order valence-electron chi connectivity index (χ1n) is 11.0. The number of nitrogens with one attached hydrogen (secondary N) is 1. The van der Waals surface area contributed by atoms with Gasteiger partial charge in [0.2, 0.25) is 0 Å². The summed E-state index contributed by atoms with van der Waals surface area (Å²) in [5.74, 6) is -0.0247. The number of carbonyl (C=O) groups is 1. The highest BCUT2D eigenvalue weighted by molar-refractivity contribution is 6.10. The van der Waals surface area contributed by atoms with Crippen LogP contribution in [-0.4, -0.2) is 33.3 Å². The number of para-hydroxylation sites is 2. The molecule has 0 atom stereocenters. The number of anilines is 1. The van der Waals surface area contributed by atoms with E-state index in [-0.39, 0.29) is 11.7 Å². The third kappa shape index (κ3) is 4.46. The Labute approximate surface area is 187 Å². The summed E-state index contributed by atoms with van der Waals surface area (Å²) in [6, 6.07) is 15.5.